The Morgan fingerprint density at radius 1 is 0.975 bits per heavy atom. The molecule has 0 radical (unpaired) electrons. The minimum Gasteiger partial charge on any atom is -0.307 e. The summed E-state index contributed by atoms with van der Waals surface area (Å²) in [4.78, 5) is 29.9. The number of hydrogen-bond acceptors (Lipinski definition) is 6. The fourth-order valence-corrected chi connectivity index (χ4v) is 4.62. The number of piperazine rings is 1. The van der Waals surface area contributed by atoms with Crippen molar-refractivity contribution in [3.8, 4) is 11.8 Å². The Hall–Kier alpha value is -4.33. The summed E-state index contributed by atoms with van der Waals surface area (Å²) in [5.74, 6) is 5.54. The number of anilines is 1. The SMILES string of the molecule is CCN1CCN(Cc2ccc(C(=O)Nc3cc(C#Cc4cncc5cccnc45)ccn3)cc2C(F)(F)F)CC1. The topological polar surface area (TPSA) is 74.2 Å². The van der Waals surface area contributed by atoms with Gasteiger partial charge >= 0.3 is 6.18 Å². The number of alkyl halides is 3. The van der Waals surface area contributed by atoms with Crippen LogP contribution in [0.4, 0.5) is 19.0 Å². The van der Waals surface area contributed by atoms with Crippen LogP contribution in [0.2, 0.25) is 0 Å². The van der Waals surface area contributed by atoms with Gasteiger partial charge in [-0.25, -0.2) is 4.98 Å². The van der Waals surface area contributed by atoms with E-state index in [0.717, 1.165) is 36.6 Å². The Kier molecular flexibility index (Phi) is 8.05. The third kappa shape index (κ3) is 6.45. The molecule has 1 aliphatic rings. The number of pyridine rings is 3. The lowest BCUT2D eigenvalue weighted by atomic mass is 10.0. The quantitative estimate of drug-likeness (QED) is 0.363. The average molecular weight is 545 g/mol. The van der Waals surface area contributed by atoms with Crippen LogP contribution in [0.5, 0.6) is 0 Å². The number of benzene rings is 1. The normalized spacial score (nSPS) is 14.5. The number of amides is 1. The van der Waals surface area contributed by atoms with Crippen LogP contribution in [0.15, 0.2) is 67.3 Å². The number of nitrogens with one attached hydrogen (secondary N) is 1. The van der Waals surface area contributed by atoms with Crippen molar-refractivity contribution >= 4 is 22.6 Å². The summed E-state index contributed by atoms with van der Waals surface area (Å²) in [6.45, 7) is 6.22. The van der Waals surface area contributed by atoms with Gasteiger partial charge in [-0.3, -0.25) is 19.7 Å². The van der Waals surface area contributed by atoms with E-state index in [-0.39, 0.29) is 23.5 Å². The molecule has 204 valence electrons. The van der Waals surface area contributed by atoms with E-state index in [1.807, 2.05) is 17.0 Å². The van der Waals surface area contributed by atoms with Gasteiger partial charge in [-0.2, -0.15) is 13.2 Å². The maximum Gasteiger partial charge on any atom is 0.416 e. The molecule has 1 amide bonds. The summed E-state index contributed by atoms with van der Waals surface area (Å²) in [6.07, 6.45) is 1.90. The van der Waals surface area contributed by atoms with Gasteiger partial charge < -0.3 is 10.2 Å². The van der Waals surface area contributed by atoms with Gasteiger partial charge in [-0.15, -0.1) is 0 Å². The minimum atomic E-state index is -4.59. The molecule has 0 bridgehead atoms. The molecule has 5 rings (SSSR count). The Morgan fingerprint density at radius 2 is 1.77 bits per heavy atom. The van der Waals surface area contributed by atoms with Crippen molar-refractivity contribution in [2.45, 2.75) is 19.6 Å². The molecule has 0 unspecified atom stereocenters. The van der Waals surface area contributed by atoms with Gasteiger partial charge in [-0.1, -0.05) is 24.8 Å². The van der Waals surface area contributed by atoms with E-state index in [1.54, 1.807) is 30.7 Å². The van der Waals surface area contributed by atoms with E-state index < -0.39 is 17.6 Å². The number of carbonyl (C=O) groups excluding carboxylic acids is 1. The second-order valence-electron chi connectivity index (χ2n) is 9.48. The first-order valence-electron chi connectivity index (χ1n) is 12.9. The first-order chi connectivity index (χ1) is 19.3. The number of nitrogens with zero attached hydrogens (tertiary/aromatic N) is 5. The molecule has 3 aromatic heterocycles. The lowest BCUT2D eigenvalue weighted by molar-refractivity contribution is -0.138. The Labute approximate surface area is 230 Å². The number of halogens is 3. The molecule has 0 aliphatic carbocycles. The fourth-order valence-electron chi connectivity index (χ4n) is 4.62. The molecule has 1 N–H and O–H groups in total. The number of fused-ring (bicyclic) bond motifs is 1. The van der Waals surface area contributed by atoms with Gasteiger partial charge in [0.15, 0.2) is 0 Å². The third-order valence-corrected chi connectivity index (χ3v) is 6.84. The van der Waals surface area contributed by atoms with Gasteiger partial charge in [0.2, 0.25) is 0 Å². The van der Waals surface area contributed by atoms with Crippen molar-refractivity contribution < 1.29 is 18.0 Å². The smallest absolute Gasteiger partial charge is 0.307 e. The van der Waals surface area contributed by atoms with Crippen LogP contribution in [0.1, 0.15) is 39.5 Å². The van der Waals surface area contributed by atoms with Crippen molar-refractivity contribution in [3.05, 3.63) is 95.1 Å². The molecule has 1 aliphatic heterocycles. The highest BCUT2D eigenvalue weighted by Gasteiger charge is 2.34. The molecule has 4 aromatic rings. The number of aromatic nitrogens is 3. The zero-order chi connectivity index (χ0) is 28.1. The number of hydrogen-bond donors (Lipinski definition) is 1. The summed E-state index contributed by atoms with van der Waals surface area (Å²) in [6, 6.07) is 10.7. The molecule has 1 fully saturated rings. The maximum absolute atomic E-state index is 14.0. The summed E-state index contributed by atoms with van der Waals surface area (Å²) < 4.78 is 41.9. The van der Waals surface area contributed by atoms with E-state index in [9.17, 15) is 18.0 Å². The van der Waals surface area contributed by atoms with Crippen molar-refractivity contribution in [3.63, 3.8) is 0 Å². The zero-order valence-corrected chi connectivity index (χ0v) is 21.9. The van der Waals surface area contributed by atoms with Crippen molar-refractivity contribution in [1.82, 2.24) is 24.8 Å². The molecule has 1 aromatic carbocycles. The van der Waals surface area contributed by atoms with E-state index in [0.29, 0.717) is 24.2 Å². The van der Waals surface area contributed by atoms with Gasteiger partial charge in [0.05, 0.1) is 16.6 Å². The number of carbonyl (C=O) groups is 1. The first-order valence-corrected chi connectivity index (χ1v) is 12.9. The highest BCUT2D eigenvalue weighted by Crippen LogP contribution is 2.33. The maximum atomic E-state index is 14.0. The second kappa shape index (κ2) is 11.8. The van der Waals surface area contributed by atoms with E-state index >= 15 is 0 Å². The lowest BCUT2D eigenvalue weighted by Gasteiger charge is -2.34. The molecule has 4 heterocycles. The average Bonchev–Trinajstić information content (AvgIpc) is 2.96. The van der Waals surface area contributed by atoms with Crippen LogP contribution in [0, 0.1) is 11.8 Å². The predicted octanol–water partition coefficient (Wildman–Crippen LogP) is 4.83. The largest absolute Gasteiger partial charge is 0.416 e. The van der Waals surface area contributed by atoms with E-state index in [1.165, 1.54) is 18.3 Å². The molecule has 7 nitrogen and oxygen atoms in total. The summed E-state index contributed by atoms with van der Waals surface area (Å²) in [5, 5.41) is 3.45. The van der Waals surface area contributed by atoms with Crippen LogP contribution < -0.4 is 5.32 Å². The highest BCUT2D eigenvalue weighted by molar-refractivity contribution is 6.04. The Balaban J connectivity index is 1.32. The lowest BCUT2D eigenvalue weighted by Crippen LogP contribution is -2.45. The molecule has 0 spiro atoms. The zero-order valence-electron chi connectivity index (χ0n) is 21.9. The van der Waals surface area contributed by atoms with Crippen LogP contribution >= 0.6 is 0 Å². The van der Waals surface area contributed by atoms with Crippen LogP contribution in [-0.2, 0) is 12.7 Å². The molecule has 0 saturated carbocycles. The first kappa shape index (κ1) is 27.2. The molecule has 10 heteroatoms. The van der Waals surface area contributed by atoms with E-state index in [4.69, 9.17) is 0 Å². The summed E-state index contributed by atoms with van der Waals surface area (Å²) in [7, 11) is 0. The van der Waals surface area contributed by atoms with Gasteiger partial charge in [0.1, 0.15) is 5.82 Å². The van der Waals surface area contributed by atoms with Crippen LogP contribution in [-0.4, -0.2) is 63.4 Å². The van der Waals surface area contributed by atoms with Gasteiger partial charge in [-0.05, 0) is 48.5 Å². The van der Waals surface area contributed by atoms with Crippen molar-refractivity contribution in [2.24, 2.45) is 0 Å². The minimum absolute atomic E-state index is 0.0990. The fraction of sp³-hybridized carbons (Fsp3) is 0.267. The van der Waals surface area contributed by atoms with Gasteiger partial charge in [0.25, 0.3) is 5.91 Å². The predicted molar refractivity (Wildman–Crippen MR) is 147 cm³/mol. The molecular formula is C30H27F3N6O. The van der Waals surface area contributed by atoms with E-state index in [2.05, 4.69) is 43.9 Å². The summed E-state index contributed by atoms with van der Waals surface area (Å²) >= 11 is 0. The Bertz CT molecular complexity index is 1580. The molecular weight excluding hydrogens is 517 g/mol. The molecule has 0 atom stereocenters. The van der Waals surface area contributed by atoms with Crippen molar-refractivity contribution in [2.75, 3.05) is 38.0 Å². The Morgan fingerprint density at radius 3 is 2.55 bits per heavy atom. The monoisotopic (exact) mass is 544 g/mol. The standard InChI is InChI=1S/C30H27F3N6O/c1-2-38-12-14-39(15-13-38)20-25-8-7-22(17-26(25)30(31,32)33)29(40)37-27-16-21(9-11-35-27)5-6-24-19-34-18-23-4-3-10-36-28(23)24/h3-4,7-11,16-19H,2,12-15,20H2,1H3,(H,35,37,40). The van der Waals surface area contributed by atoms with Crippen molar-refractivity contribution in [1.29, 1.82) is 0 Å². The number of rotatable bonds is 5. The molecule has 1 saturated heterocycles. The second-order valence-corrected chi connectivity index (χ2v) is 9.48. The number of likely N-dealkylation sites (N-methyl/N-ethyl adjacent to an activating group) is 1. The van der Waals surface area contributed by atoms with Crippen LogP contribution in [0.3, 0.4) is 0 Å². The highest BCUT2D eigenvalue weighted by atomic mass is 19.4. The van der Waals surface area contributed by atoms with Gasteiger partial charge in [0, 0.05) is 74.0 Å². The van der Waals surface area contributed by atoms with Crippen LogP contribution in [0.25, 0.3) is 10.9 Å². The third-order valence-electron chi connectivity index (χ3n) is 6.84. The summed E-state index contributed by atoms with van der Waals surface area (Å²) in [5.41, 5.74) is 1.18. The molecule has 40 heavy (non-hydrogen) atoms.